The first-order valence-electron chi connectivity index (χ1n) is 5.26. The molecule has 2 atom stereocenters. The predicted octanol–water partition coefficient (Wildman–Crippen LogP) is 2.20. The van der Waals surface area contributed by atoms with Gasteiger partial charge in [-0.15, -0.1) is 11.3 Å². The molecule has 0 saturated heterocycles. The van der Waals surface area contributed by atoms with Crippen LogP contribution in [-0.4, -0.2) is 20.4 Å². The Morgan fingerprint density at radius 1 is 1.65 bits per heavy atom. The highest BCUT2D eigenvalue weighted by Crippen LogP contribution is 2.33. The van der Waals surface area contributed by atoms with Crippen LogP contribution in [0.3, 0.4) is 0 Å². The zero-order valence-electron chi connectivity index (χ0n) is 9.14. The van der Waals surface area contributed by atoms with E-state index in [1.54, 1.807) is 0 Å². The van der Waals surface area contributed by atoms with Crippen LogP contribution < -0.4 is 5.32 Å². The Kier molecular flexibility index (Phi) is 3.47. The van der Waals surface area contributed by atoms with Crippen LogP contribution in [-0.2, 0) is 9.05 Å². The van der Waals surface area contributed by atoms with Gasteiger partial charge in [-0.25, -0.2) is 8.42 Å². The first-order chi connectivity index (χ1) is 7.91. The van der Waals surface area contributed by atoms with Crippen LogP contribution in [0.5, 0.6) is 0 Å². The number of hydrogen-bond donors (Lipinski definition) is 1. The van der Waals surface area contributed by atoms with Crippen LogP contribution in [0.25, 0.3) is 0 Å². The summed E-state index contributed by atoms with van der Waals surface area (Å²) in [5.74, 6) is 0.336. The summed E-state index contributed by atoms with van der Waals surface area (Å²) in [6.45, 7) is 2.08. The number of hydrogen-bond acceptors (Lipinski definition) is 4. The number of amides is 1. The standard InChI is InChI=1S/C10H12ClNO3S2/c1-2-6-3-8(6)12-10(13)7-4-9(16-5-7)17(11,14)15/h4-6,8H,2-3H2,1H3,(H,12,13). The van der Waals surface area contributed by atoms with Crippen LogP contribution in [0.15, 0.2) is 15.7 Å². The molecule has 0 aromatic carbocycles. The van der Waals surface area contributed by atoms with Gasteiger partial charge in [-0.2, -0.15) is 0 Å². The molecule has 2 rings (SSSR count). The Morgan fingerprint density at radius 2 is 2.35 bits per heavy atom. The molecule has 7 heteroatoms. The van der Waals surface area contributed by atoms with Gasteiger partial charge in [0.05, 0.1) is 5.56 Å². The van der Waals surface area contributed by atoms with Crippen molar-refractivity contribution in [3.8, 4) is 0 Å². The van der Waals surface area contributed by atoms with Crippen molar-refractivity contribution < 1.29 is 13.2 Å². The molecule has 4 nitrogen and oxygen atoms in total. The maximum atomic E-state index is 11.8. The minimum Gasteiger partial charge on any atom is -0.349 e. The lowest BCUT2D eigenvalue weighted by Gasteiger charge is -2.01. The van der Waals surface area contributed by atoms with E-state index in [-0.39, 0.29) is 16.2 Å². The fraction of sp³-hybridized carbons (Fsp3) is 0.500. The number of halogens is 1. The topological polar surface area (TPSA) is 63.2 Å². The first kappa shape index (κ1) is 12.9. The minimum absolute atomic E-state index is 0.00663. The van der Waals surface area contributed by atoms with Gasteiger partial charge in [0.25, 0.3) is 15.0 Å². The van der Waals surface area contributed by atoms with Crippen molar-refractivity contribution in [2.24, 2.45) is 5.92 Å². The molecular formula is C10H12ClNO3S2. The van der Waals surface area contributed by atoms with Crippen LogP contribution in [0.2, 0.25) is 0 Å². The fourth-order valence-electron chi connectivity index (χ4n) is 1.69. The number of rotatable bonds is 4. The summed E-state index contributed by atoms with van der Waals surface area (Å²) in [5, 5.41) is 4.37. The summed E-state index contributed by atoms with van der Waals surface area (Å²) >= 11 is 0.958. The highest BCUT2D eigenvalue weighted by molar-refractivity contribution is 8.15. The molecule has 0 bridgehead atoms. The van der Waals surface area contributed by atoms with E-state index in [1.807, 2.05) is 0 Å². The van der Waals surface area contributed by atoms with E-state index < -0.39 is 9.05 Å². The second kappa shape index (κ2) is 4.59. The van der Waals surface area contributed by atoms with Crippen LogP contribution in [0, 0.1) is 5.92 Å². The highest BCUT2D eigenvalue weighted by Gasteiger charge is 2.36. The molecule has 94 valence electrons. The monoisotopic (exact) mass is 293 g/mol. The Balaban J connectivity index is 2.03. The van der Waals surface area contributed by atoms with Crippen molar-refractivity contribution in [2.75, 3.05) is 0 Å². The van der Waals surface area contributed by atoms with Crippen molar-refractivity contribution in [1.29, 1.82) is 0 Å². The molecule has 1 aliphatic carbocycles. The van der Waals surface area contributed by atoms with Crippen LogP contribution in [0.1, 0.15) is 30.1 Å². The van der Waals surface area contributed by atoms with Gasteiger partial charge >= 0.3 is 0 Å². The maximum Gasteiger partial charge on any atom is 0.270 e. The van der Waals surface area contributed by atoms with Gasteiger partial charge in [-0.3, -0.25) is 4.79 Å². The summed E-state index contributed by atoms with van der Waals surface area (Å²) in [6.07, 6.45) is 2.06. The van der Waals surface area contributed by atoms with E-state index in [0.29, 0.717) is 11.5 Å². The normalized spacial score (nSPS) is 23.4. The zero-order valence-corrected chi connectivity index (χ0v) is 11.5. The largest absolute Gasteiger partial charge is 0.349 e. The molecule has 1 heterocycles. The van der Waals surface area contributed by atoms with Crippen molar-refractivity contribution in [3.63, 3.8) is 0 Å². The SMILES string of the molecule is CCC1CC1NC(=O)c1csc(S(=O)(=O)Cl)c1. The second-order valence-corrected chi connectivity index (χ2v) is 7.78. The lowest BCUT2D eigenvalue weighted by molar-refractivity contribution is 0.0949. The van der Waals surface area contributed by atoms with E-state index in [4.69, 9.17) is 10.7 Å². The average molecular weight is 294 g/mol. The lowest BCUT2D eigenvalue weighted by Crippen LogP contribution is -2.26. The first-order valence-corrected chi connectivity index (χ1v) is 8.44. The smallest absolute Gasteiger partial charge is 0.270 e. The average Bonchev–Trinajstić information content (AvgIpc) is 2.79. The molecule has 0 radical (unpaired) electrons. The van der Waals surface area contributed by atoms with Gasteiger partial charge < -0.3 is 5.32 Å². The van der Waals surface area contributed by atoms with Gasteiger partial charge in [0.1, 0.15) is 4.21 Å². The number of thiophene rings is 1. The Hall–Kier alpha value is -0.590. The minimum atomic E-state index is -3.73. The summed E-state index contributed by atoms with van der Waals surface area (Å²) < 4.78 is 22.1. The van der Waals surface area contributed by atoms with Crippen molar-refractivity contribution in [2.45, 2.75) is 30.0 Å². The van der Waals surface area contributed by atoms with E-state index in [1.165, 1.54) is 11.4 Å². The molecule has 0 spiro atoms. The second-order valence-electron chi connectivity index (χ2n) is 4.08. The molecule has 2 unspecified atom stereocenters. The molecular weight excluding hydrogens is 282 g/mol. The number of nitrogens with one attached hydrogen (secondary N) is 1. The van der Waals surface area contributed by atoms with E-state index in [0.717, 1.165) is 24.2 Å². The van der Waals surface area contributed by atoms with E-state index in [9.17, 15) is 13.2 Å². The van der Waals surface area contributed by atoms with Gasteiger partial charge in [-0.05, 0) is 18.4 Å². The Morgan fingerprint density at radius 3 is 2.82 bits per heavy atom. The van der Waals surface area contributed by atoms with Gasteiger partial charge in [0.2, 0.25) is 0 Å². The highest BCUT2D eigenvalue weighted by atomic mass is 35.7. The van der Waals surface area contributed by atoms with E-state index >= 15 is 0 Å². The Bertz CT molecular complexity index is 538. The van der Waals surface area contributed by atoms with Crippen molar-refractivity contribution >= 4 is 37.0 Å². The Labute approximate surface area is 108 Å². The zero-order chi connectivity index (χ0) is 12.6. The van der Waals surface area contributed by atoms with Crippen molar-refractivity contribution in [1.82, 2.24) is 5.32 Å². The number of carbonyl (C=O) groups excluding carboxylic acids is 1. The third-order valence-corrected chi connectivity index (χ3v) is 5.88. The quantitative estimate of drug-likeness (QED) is 0.866. The molecule has 1 aromatic heterocycles. The third-order valence-electron chi connectivity index (χ3n) is 2.84. The molecule has 1 amide bonds. The third kappa shape index (κ3) is 3.00. The summed E-state index contributed by atoms with van der Waals surface area (Å²) in [5.41, 5.74) is 0.357. The maximum absolute atomic E-state index is 11.8. The van der Waals surface area contributed by atoms with Gasteiger partial charge in [-0.1, -0.05) is 13.3 Å². The fourth-order valence-corrected chi connectivity index (χ4v) is 3.64. The van der Waals surface area contributed by atoms with Crippen molar-refractivity contribution in [3.05, 3.63) is 17.0 Å². The van der Waals surface area contributed by atoms with Crippen LogP contribution >= 0.6 is 22.0 Å². The molecule has 1 aliphatic rings. The molecule has 17 heavy (non-hydrogen) atoms. The van der Waals surface area contributed by atoms with Crippen LogP contribution in [0.4, 0.5) is 0 Å². The number of carbonyl (C=O) groups is 1. The van der Waals surface area contributed by atoms with Gasteiger partial charge in [0, 0.05) is 22.1 Å². The predicted molar refractivity (Wildman–Crippen MR) is 67.0 cm³/mol. The lowest BCUT2D eigenvalue weighted by atomic mass is 10.3. The molecule has 1 saturated carbocycles. The summed E-state index contributed by atoms with van der Waals surface area (Å²) in [7, 11) is 1.46. The summed E-state index contributed by atoms with van der Waals surface area (Å²) in [4.78, 5) is 11.8. The molecule has 0 aliphatic heterocycles. The summed E-state index contributed by atoms with van der Waals surface area (Å²) in [6, 6.07) is 1.55. The molecule has 1 aromatic rings. The molecule has 1 fully saturated rings. The molecule has 1 N–H and O–H groups in total. The van der Waals surface area contributed by atoms with Gasteiger partial charge in [0.15, 0.2) is 0 Å². The van der Waals surface area contributed by atoms with E-state index in [2.05, 4.69) is 12.2 Å².